The molecule has 3 atom stereocenters. The molecule has 2 nitrogen and oxygen atoms in total. The van der Waals surface area contributed by atoms with Crippen LogP contribution in [0, 0.1) is 5.92 Å². The highest BCUT2D eigenvalue weighted by atomic mass is 127. The molecule has 3 unspecified atom stereocenters. The number of allylic oxidation sites excluding steroid dienone is 4. The van der Waals surface area contributed by atoms with Crippen molar-refractivity contribution in [2.45, 2.75) is 42.7 Å². The Morgan fingerprint density at radius 2 is 2.00 bits per heavy atom. The molecule has 0 fully saturated rings. The van der Waals surface area contributed by atoms with Crippen LogP contribution in [0.1, 0.15) is 39.0 Å². The number of unbranched alkanes of at least 4 members (excludes halogenated alkanes) is 2. The third-order valence-electron chi connectivity index (χ3n) is 3.34. The van der Waals surface area contributed by atoms with Gasteiger partial charge >= 0.3 is 0 Å². The third-order valence-corrected chi connectivity index (χ3v) is 4.30. The van der Waals surface area contributed by atoms with Crippen molar-refractivity contribution in [1.29, 1.82) is 0 Å². The molecule has 0 aromatic carbocycles. The van der Waals surface area contributed by atoms with Crippen molar-refractivity contribution >= 4 is 31.8 Å². The van der Waals surface area contributed by atoms with Gasteiger partial charge in [0.25, 0.3) is 0 Å². The standard InChI is InChI=1S/C16H27INOP/c1-2-19-13-14(9-5-3-7-11-16(17)20)15-10-6-4-8-12-18-15/h4,6,8,10,12,14,16,18H,2-3,5,7,9,11,13,20H2,1H3. The first-order valence-corrected chi connectivity index (χ1v) is 9.42. The molecule has 1 aliphatic rings. The molecule has 1 aliphatic heterocycles. The Labute approximate surface area is 139 Å². The van der Waals surface area contributed by atoms with Crippen LogP contribution >= 0.6 is 31.8 Å². The highest BCUT2D eigenvalue weighted by molar-refractivity contribution is 14.1. The van der Waals surface area contributed by atoms with Crippen LogP contribution in [0.5, 0.6) is 0 Å². The number of ether oxygens (including phenoxy) is 1. The van der Waals surface area contributed by atoms with E-state index in [1.807, 2.05) is 12.3 Å². The molecule has 0 amide bonds. The summed E-state index contributed by atoms with van der Waals surface area (Å²) in [5.74, 6) is 0.480. The SMILES string of the molecule is CCOCC(CCCCCC(P)I)C1=CC=CC=CN1. The molecule has 20 heavy (non-hydrogen) atoms. The second kappa shape index (κ2) is 11.8. The number of halogens is 1. The fraction of sp³-hybridized carbons (Fsp3) is 0.625. The van der Waals surface area contributed by atoms with Crippen molar-refractivity contribution in [2.75, 3.05) is 13.2 Å². The summed E-state index contributed by atoms with van der Waals surface area (Å²) in [6.07, 6.45) is 16.8. The number of rotatable bonds is 10. The minimum atomic E-state index is 0.480. The molecule has 0 aromatic rings. The highest BCUT2D eigenvalue weighted by Crippen LogP contribution is 2.21. The first-order valence-electron chi connectivity index (χ1n) is 7.51. The molecule has 0 aliphatic carbocycles. The summed E-state index contributed by atoms with van der Waals surface area (Å²) in [4.78, 5) is 0. The largest absolute Gasteiger partial charge is 0.381 e. The molecular weight excluding hydrogens is 380 g/mol. The predicted molar refractivity (Wildman–Crippen MR) is 100 cm³/mol. The molecule has 0 saturated heterocycles. The van der Waals surface area contributed by atoms with Gasteiger partial charge in [0.05, 0.1) is 6.61 Å². The van der Waals surface area contributed by atoms with Gasteiger partial charge in [0, 0.05) is 28.1 Å². The lowest BCUT2D eigenvalue weighted by atomic mass is 9.97. The molecule has 0 spiro atoms. The van der Waals surface area contributed by atoms with Crippen molar-refractivity contribution in [2.24, 2.45) is 5.92 Å². The molecule has 0 saturated carbocycles. The zero-order valence-electron chi connectivity index (χ0n) is 12.4. The van der Waals surface area contributed by atoms with Crippen molar-refractivity contribution in [3.63, 3.8) is 0 Å². The summed E-state index contributed by atoms with van der Waals surface area (Å²) in [5.41, 5.74) is 1.28. The Hall–Kier alpha value is 0.140. The quantitative estimate of drug-likeness (QED) is 0.244. The van der Waals surface area contributed by atoms with Gasteiger partial charge < -0.3 is 10.1 Å². The van der Waals surface area contributed by atoms with Gasteiger partial charge in [-0.15, -0.1) is 9.24 Å². The van der Waals surface area contributed by atoms with Crippen LogP contribution in [0.15, 0.2) is 36.2 Å². The van der Waals surface area contributed by atoms with Crippen molar-refractivity contribution < 1.29 is 4.74 Å². The highest BCUT2D eigenvalue weighted by Gasteiger charge is 2.14. The van der Waals surface area contributed by atoms with E-state index in [0.717, 1.165) is 13.2 Å². The number of nitrogens with one attached hydrogen (secondary N) is 1. The fourth-order valence-electron chi connectivity index (χ4n) is 2.22. The molecular formula is C16H27INOP. The van der Waals surface area contributed by atoms with Gasteiger partial charge in [-0.1, -0.05) is 54.0 Å². The Kier molecular flexibility index (Phi) is 10.7. The summed E-state index contributed by atoms with van der Waals surface area (Å²) < 4.78 is 6.37. The van der Waals surface area contributed by atoms with E-state index < -0.39 is 0 Å². The lowest BCUT2D eigenvalue weighted by molar-refractivity contribution is 0.116. The number of hydrogen-bond donors (Lipinski definition) is 1. The van der Waals surface area contributed by atoms with Gasteiger partial charge in [0.1, 0.15) is 0 Å². The Balaban J connectivity index is 2.37. The van der Waals surface area contributed by atoms with E-state index in [9.17, 15) is 0 Å². The fourth-order valence-corrected chi connectivity index (χ4v) is 2.90. The summed E-state index contributed by atoms with van der Waals surface area (Å²) in [6, 6.07) is 0. The van der Waals surface area contributed by atoms with Gasteiger partial charge in [-0.2, -0.15) is 0 Å². The van der Waals surface area contributed by atoms with Gasteiger partial charge in [-0.3, -0.25) is 0 Å². The minimum absolute atomic E-state index is 0.480. The van der Waals surface area contributed by atoms with E-state index in [4.69, 9.17) is 4.74 Å². The van der Waals surface area contributed by atoms with Crippen LogP contribution in [0.2, 0.25) is 0 Å². The van der Waals surface area contributed by atoms with Crippen LogP contribution in [-0.2, 0) is 4.74 Å². The topological polar surface area (TPSA) is 21.3 Å². The molecule has 1 N–H and O–H groups in total. The van der Waals surface area contributed by atoms with Crippen molar-refractivity contribution in [3.05, 3.63) is 36.2 Å². The smallest absolute Gasteiger partial charge is 0.0548 e. The lowest BCUT2D eigenvalue weighted by Crippen LogP contribution is -2.20. The summed E-state index contributed by atoms with van der Waals surface area (Å²) in [5, 5.41) is 3.38. The van der Waals surface area contributed by atoms with E-state index >= 15 is 0 Å². The van der Waals surface area contributed by atoms with E-state index in [0.29, 0.717) is 9.58 Å². The molecule has 1 rings (SSSR count). The van der Waals surface area contributed by atoms with Crippen LogP contribution in [-0.4, -0.2) is 16.9 Å². The molecule has 114 valence electrons. The Morgan fingerprint density at radius 3 is 2.75 bits per heavy atom. The first kappa shape index (κ1) is 18.2. The van der Waals surface area contributed by atoms with E-state index in [2.05, 4.69) is 62.3 Å². The van der Waals surface area contributed by atoms with Crippen molar-refractivity contribution in [3.8, 4) is 0 Å². The van der Waals surface area contributed by atoms with Gasteiger partial charge in [0.15, 0.2) is 0 Å². The van der Waals surface area contributed by atoms with Gasteiger partial charge in [-0.05, 0) is 31.9 Å². The summed E-state index contributed by atoms with van der Waals surface area (Å²) in [6.45, 7) is 3.67. The average molecular weight is 407 g/mol. The maximum absolute atomic E-state index is 5.65. The third kappa shape index (κ3) is 8.43. The molecule has 1 heterocycles. The van der Waals surface area contributed by atoms with Crippen LogP contribution in [0.4, 0.5) is 0 Å². The maximum Gasteiger partial charge on any atom is 0.0548 e. The Bertz CT molecular complexity index is 339. The van der Waals surface area contributed by atoms with Crippen LogP contribution < -0.4 is 5.32 Å². The van der Waals surface area contributed by atoms with Gasteiger partial charge in [0.2, 0.25) is 0 Å². The van der Waals surface area contributed by atoms with Crippen LogP contribution in [0.25, 0.3) is 0 Å². The van der Waals surface area contributed by atoms with Gasteiger partial charge in [-0.25, -0.2) is 0 Å². The van der Waals surface area contributed by atoms with E-state index in [1.54, 1.807) is 0 Å². The number of hydrogen-bond acceptors (Lipinski definition) is 2. The molecule has 0 aromatic heterocycles. The first-order chi connectivity index (χ1) is 9.74. The molecule has 4 heteroatoms. The number of alkyl halides is 1. The Morgan fingerprint density at radius 1 is 1.20 bits per heavy atom. The zero-order valence-corrected chi connectivity index (χ0v) is 15.7. The monoisotopic (exact) mass is 407 g/mol. The zero-order chi connectivity index (χ0) is 14.6. The maximum atomic E-state index is 5.65. The average Bonchev–Trinajstić information content (AvgIpc) is 2.70. The normalized spacial score (nSPS) is 17.2. The lowest BCUT2D eigenvalue weighted by Gasteiger charge is -2.20. The van der Waals surface area contributed by atoms with Crippen LogP contribution in [0.3, 0.4) is 0 Å². The van der Waals surface area contributed by atoms with Crippen molar-refractivity contribution in [1.82, 2.24) is 5.32 Å². The second-order valence-electron chi connectivity index (χ2n) is 5.02. The second-order valence-corrected chi connectivity index (χ2v) is 8.78. The molecule has 0 radical (unpaired) electrons. The summed E-state index contributed by atoms with van der Waals surface area (Å²) in [7, 11) is 2.87. The summed E-state index contributed by atoms with van der Waals surface area (Å²) >= 11 is 2.47. The molecule has 0 bridgehead atoms. The van der Waals surface area contributed by atoms with E-state index in [-0.39, 0.29) is 0 Å². The predicted octanol–water partition coefficient (Wildman–Crippen LogP) is 4.78. The van der Waals surface area contributed by atoms with E-state index in [1.165, 1.54) is 37.8 Å². The minimum Gasteiger partial charge on any atom is -0.381 e.